The van der Waals surface area contributed by atoms with Gasteiger partial charge in [0.05, 0.1) is 11.3 Å². The van der Waals surface area contributed by atoms with E-state index in [1.54, 1.807) is 0 Å². The van der Waals surface area contributed by atoms with E-state index < -0.39 is 0 Å². The topological polar surface area (TPSA) is 41.4 Å². The number of hydrogen-bond donors (Lipinski definition) is 0. The molecule has 0 aromatic carbocycles. The predicted octanol–water partition coefficient (Wildman–Crippen LogP) is 2.22. The van der Waals surface area contributed by atoms with Gasteiger partial charge in [0.25, 0.3) is 5.91 Å². The summed E-state index contributed by atoms with van der Waals surface area (Å²) >= 11 is 0. The maximum Gasteiger partial charge on any atom is 0.257 e. The minimum atomic E-state index is 0.192. The molecule has 0 bridgehead atoms. The number of hydrogen-bond acceptors (Lipinski definition) is 3. The summed E-state index contributed by atoms with van der Waals surface area (Å²) in [6.07, 6.45) is 4.74. The number of aromatic nitrogens is 2. The first-order valence-corrected chi connectivity index (χ1v) is 8.59. The molecule has 0 N–H and O–H groups in total. The van der Waals surface area contributed by atoms with Crippen molar-refractivity contribution in [1.29, 1.82) is 0 Å². The van der Waals surface area contributed by atoms with Gasteiger partial charge in [0, 0.05) is 30.9 Å². The van der Waals surface area contributed by atoms with Crippen molar-refractivity contribution in [2.24, 2.45) is 0 Å². The lowest BCUT2D eigenvalue weighted by Gasteiger charge is -2.33. The van der Waals surface area contributed by atoms with Crippen LogP contribution in [-0.4, -0.2) is 57.7 Å². The van der Waals surface area contributed by atoms with E-state index in [-0.39, 0.29) is 5.91 Å². The smallest absolute Gasteiger partial charge is 0.257 e. The monoisotopic (exact) mass is 304 g/mol. The van der Waals surface area contributed by atoms with Gasteiger partial charge in [0.15, 0.2) is 0 Å². The van der Waals surface area contributed by atoms with Gasteiger partial charge < -0.3 is 9.80 Å². The Hall–Kier alpha value is -1.36. The van der Waals surface area contributed by atoms with Gasteiger partial charge in [-0.05, 0) is 60.0 Å². The fourth-order valence-electron chi connectivity index (χ4n) is 4.32. The Labute approximate surface area is 133 Å². The Morgan fingerprint density at radius 3 is 2.45 bits per heavy atom. The first kappa shape index (κ1) is 15.5. The third kappa shape index (κ3) is 2.45. The SMILES string of the molecule is CCn1nc(C)c(C(=O)N2CCC[C@H]2[C@H]2CCCN2C)c1C. The third-order valence-electron chi connectivity index (χ3n) is 5.48. The molecule has 1 aromatic rings. The molecule has 22 heavy (non-hydrogen) atoms. The maximum absolute atomic E-state index is 13.1. The molecule has 3 rings (SSSR count). The lowest BCUT2D eigenvalue weighted by molar-refractivity contribution is 0.0663. The molecule has 5 nitrogen and oxygen atoms in total. The largest absolute Gasteiger partial charge is 0.334 e. The normalized spacial score (nSPS) is 26.1. The van der Waals surface area contributed by atoms with E-state index in [2.05, 4.69) is 28.9 Å². The summed E-state index contributed by atoms with van der Waals surface area (Å²) in [5, 5.41) is 4.52. The second-order valence-corrected chi connectivity index (χ2v) is 6.76. The van der Waals surface area contributed by atoms with Crippen LogP contribution in [0.2, 0.25) is 0 Å². The lowest BCUT2D eigenvalue weighted by Crippen LogP contribution is -2.47. The second-order valence-electron chi connectivity index (χ2n) is 6.76. The van der Waals surface area contributed by atoms with Crippen LogP contribution in [0.1, 0.15) is 54.4 Å². The highest BCUT2D eigenvalue weighted by Gasteiger charge is 2.39. The number of carbonyl (C=O) groups is 1. The Bertz CT molecular complexity index is 565. The van der Waals surface area contributed by atoms with Crippen molar-refractivity contribution in [2.45, 2.75) is 65.1 Å². The third-order valence-corrected chi connectivity index (χ3v) is 5.48. The molecule has 0 unspecified atom stereocenters. The Morgan fingerprint density at radius 1 is 1.18 bits per heavy atom. The molecule has 2 atom stereocenters. The summed E-state index contributed by atoms with van der Waals surface area (Å²) in [5.41, 5.74) is 2.71. The van der Waals surface area contributed by atoms with Gasteiger partial charge in [0.2, 0.25) is 0 Å². The number of likely N-dealkylation sites (tertiary alicyclic amines) is 2. The van der Waals surface area contributed by atoms with Gasteiger partial charge in [-0.1, -0.05) is 0 Å². The van der Waals surface area contributed by atoms with Crippen LogP contribution in [0.5, 0.6) is 0 Å². The number of amides is 1. The van der Waals surface area contributed by atoms with Crippen LogP contribution in [0.4, 0.5) is 0 Å². The van der Waals surface area contributed by atoms with Crippen molar-refractivity contribution in [3.8, 4) is 0 Å². The zero-order chi connectivity index (χ0) is 15.9. The molecule has 0 saturated carbocycles. The second kappa shape index (κ2) is 6.03. The summed E-state index contributed by atoms with van der Waals surface area (Å²) in [5.74, 6) is 0.192. The fourth-order valence-corrected chi connectivity index (χ4v) is 4.32. The van der Waals surface area contributed by atoms with Crippen LogP contribution in [0.15, 0.2) is 0 Å². The van der Waals surface area contributed by atoms with Gasteiger partial charge in [0.1, 0.15) is 0 Å². The summed E-state index contributed by atoms with van der Waals surface area (Å²) < 4.78 is 1.94. The molecular weight excluding hydrogens is 276 g/mol. The van der Waals surface area contributed by atoms with Gasteiger partial charge >= 0.3 is 0 Å². The zero-order valence-electron chi connectivity index (χ0n) is 14.3. The molecule has 1 amide bonds. The molecule has 3 heterocycles. The van der Waals surface area contributed by atoms with Crippen LogP contribution >= 0.6 is 0 Å². The molecular formula is C17H28N4O. The molecule has 122 valence electrons. The van der Waals surface area contributed by atoms with Crippen LogP contribution in [0.25, 0.3) is 0 Å². The number of aryl methyl sites for hydroxylation is 2. The summed E-state index contributed by atoms with van der Waals surface area (Å²) in [6, 6.07) is 0.914. The van der Waals surface area contributed by atoms with Crippen LogP contribution in [0.3, 0.4) is 0 Å². The molecule has 5 heteroatoms. The number of likely N-dealkylation sites (N-methyl/N-ethyl adjacent to an activating group) is 1. The number of carbonyl (C=O) groups excluding carboxylic acids is 1. The van der Waals surface area contributed by atoms with Crippen molar-refractivity contribution in [1.82, 2.24) is 19.6 Å². The number of rotatable bonds is 3. The molecule has 0 spiro atoms. The summed E-state index contributed by atoms with van der Waals surface area (Å²) in [7, 11) is 2.20. The highest BCUT2D eigenvalue weighted by Crippen LogP contribution is 2.31. The minimum Gasteiger partial charge on any atom is -0.334 e. The maximum atomic E-state index is 13.1. The molecule has 0 aliphatic carbocycles. The van der Waals surface area contributed by atoms with Gasteiger partial charge in [-0.25, -0.2) is 0 Å². The Kier molecular flexibility index (Phi) is 4.26. The minimum absolute atomic E-state index is 0.192. The molecule has 2 saturated heterocycles. The standard InChI is InChI=1S/C17H28N4O/c1-5-21-13(3)16(12(2)18-21)17(22)20-11-7-9-15(20)14-8-6-10-19(14)4/h14-15H,5-11H2,1-4H3/t14-,15+/m1/s1. The summed E-state index contributed by atoms with van der Waals surface area (Å²) in [6.45, 7) is 8.91. The first-order chi connectivity index (χ1) is 10.5. The van der Waals surface area contributed by atoms with E-state index in [1.807, 2.05) is 18.5 Å². The fraction of sp³-hybridized carbons (Fsp3) is 0.765. The van der Waals surface area contributed by atoms with E-state index in [9.17, 15) is 4.79 Å². The number of nitrogens with zero attached hydrogens (tertiary/aromatic N) is 4. The summed E-state index contributed by atoms with van der Waals surface area (Å²) in [4.78, 5) is 17.7. The van der Waals surface area contributed by atoms with E-state index >= 15 is 0 Å². The van der Waals surface area contributed by atoms with Gasteiger partial charge in [-0.15, -0.1) is 0 Å². The van der Waals surface area contributed by atoms with Crippen molar-refractivity contribution >= 4 is 5.91 Å². The highest BCUT2D eigenvalue weighted by molar-refractivity contribution is 5.96. The van der Waals surface area contributed by atoms with E-state index in [0.717, 1.165) is 49.4 Å². The highest BCUT2D eigenvalue weighted by atomic mass is 16.2. The van der Waals surface area contributed by atoms with Crippen LogP contribution < -0.4 is 0 Å². The predicted molar refractivity (Wildman–Crippen MR) is 87.1 cm³/mol. The van der Waals surface area contributed by atoms with Crippen molar-refractivity contribution in [2.75, 3.05) is 20.1 Å². The van der Waals surface area contributed by atoms with E-state index in [1.165, 1.54) is 12.8 Å². The van der Waals surface area contributed by atoms with Crippen LogP contribution in [-0.2, 0) is 6.54 Å². The Balaban J connectivity index is 1.86. The van der Waals surface area contributed by atoms with Crippen molar-refractivity contribution < 1.29 is 4.79 Å². The molecule has 1 aromatic heterocycles. The van der Waals surface area contributed by atoms with Gasteiger partial charge in [-0.3, -0.25) is 9.48 Å². The molecule has 0 radical (unpaired) electrons. The van der Waals surface area contributed by atoms with Crippen molar-refractivity contribution in [3.05, 3.63) is 17.0 Å². The average Bonchev–Trinajstić information content (AvgIpc) is 3.17. The molecule has 2 aliphatic heterocycles. The molecule has 2 aliphatic rings. The quantitative estimate of drug-likeness (QED) is 0.860. The van der Waals surface area contributed by atoms with Crippen LogP contribution in [0, 0.1) is 13.8 Å². The Morgan fingerprint density at radius 2 is 1.86 bits per heavy atom. The van der Waals surface area contributed by atoms with E-state index in [4.69, 9.17) is 0 Å². The lowest BCUT2D eigenvalue weighted by atomic mass is 10.0. The van der Waals surface area contributed by atoms with Crippen molar-refractivity contribution in [3.63, 3.8) is 0 Å². The zero-order valence-corrected chi connectivity index (χ0v) is 14.3. The van der Waals surface area contributed by atoms with E-state index in [0.29, 0.717) is 12.1 Å². The molecule has 2 fully saturated rings. The van der Waals surface area contributed by atoms with Gasteiger partial charge in [-0.2, -0.15) is 5.10 Å². The average molecular weight is 304 g/mol. The first-order valence-electron chi connectivity index (χ1n) is 8.59.